The van der Waals surface area contributed by atoms with Crippen LogP contribution in [0.2, 0.25) is 0 Å². The molecular weight excluding hydrogens is 273 g/mol. The molecule has 1 aliphatic rings. The first-order valence-electron chi connectivity index (χ1n) is 6.66. The summed E-state index contributed by atoms with van der Waals surface area (Å²) in [4.78, 5) is 12.2. The lowest BCUT2D eigenvalue weighted by Gasteiger charge is -2.24. The predicted molar refractivity (Wildman–Crippen MR) is 78.2 cm³/mol. The van der Waals surface area contributed by atoms with Crippen LogP contribution < -0.4 is 10.2 Å². The topological polar surface area (TPSA) is 58.4 Å². The van der Waals surface area contributed by atoms with E-state index in [1.807, 2.05) is 29.2 Å². The molecule has 2 aromatic rings. The van der Waals surface area contributed by atoms with Crippen molar-refractivity contribution < 1.29 is 9.31 Å². The SMILES string of the molecule is O=[N+]([O-])c1cc(F)cc(N2CCNCc3ccccc32)c1. The monoisotopic (exact) mass is 287 g/mol. The van der Waals surface area contributed by atoms with Crippen LogP contribution >= 0.6 is 0 Å². The van der Waals surface area contributed by atoms with Crippen LogP contribution in [-0.2, 0) is 6.54 Å². The highest BCUT2D eigenvalue weighted by Gasteiger charge is 2.19. The van der Waals surface area contributed by atoms with Gasteiger partial charge in [0.05, 0.1) is 16.7 Å². The van der Waals surface area contributed by atoms with E-state index in [-0.39, 0.29) is 5.69 Å². The largest absolute Gasteiger partial charge is 0.340 e. The first-order chi connectivity index (χ1) is 10.1. The molecule has 5 nitrogen and oxygen atoms in total. The number of nitro benzene ring substituents is 1. The van der Waals surface area contributed by atoms with E-state index >= 15 is 0 Å². The third kappa shape index (κ3) is 2.71. The van der Waals surface area contributed by atoms with E-state index in [4.69, 9.17) is 0 Å². The van der Waals surface area contributed by atoms with Crippen LogP contribution in [0, 0.1) is 15.9 Å². The van der Waals surface area contributed by atoms with Crippen LogP contribution in [0.15, 0.2) is 42.5 Å². The molecule has 21 heavy (non-hydrogen) atoms. The molecule has 3 rings (SSSR count). The van der Waals surface area contributed by atoms with Crippen molar-refractivity contribution in [1.82, 2.24) is 5.32 Å². The van der Waals surface area contributed by atoms with Gasteiger partial charge in [0.15, 0.2) is 0 Å². The van der Waals surface area contributed by atoms with E-state index < -0.39 is 10.7 Å². The smallest absolute Gasteiger partial charge is 0.274 e. The molecule has 6 heteroatoms. The Hall–Kier alpha value is -2.47. The third-order valence-electron chi connectivity index (χ3n) is 3.50. The number of para-hydroxylation sites is 1. The van der Waals surface area contributed by atoms with Crippen LogP contribution in [0.25, 0.3) is 0 Å². The van der Waals surface area contributed by atoms with Gasteiger partial charge in [-0.3, -0.25) is 10.1 Å². The summed E-state index contributed by atoms with van der Waals surface area (Å²) in [5, 5.41) is 14.2. The third-order valence-corrected chi connectivity index (χ3v) is 3.50. The zero-order valence-corrected chi connectivity index (χ0v) is 11.3. The van der Waals surface area contributed by atoms with Crippen LogP contribution in [0.4, 0.5) is 21.5 Å². The van der Waals surface area contributed by atoms with Gasteiger partial charge in [-0.05, 0) is 17.7 Å². The molecule has 0 bridgehead atoms. The van der Waals surface area contributed by atoms with Crippen molar-refractivity contribution in [2.24, 2.45) is 0 Å². The van der Waals surface area contributed by atoms with Gasteiger partial charge in [-0.25, -0.2) is 4.39 Å². The standard InChI is InChI=1S/C15H14FN3O2/c16-12-7-13(9-14(8-12)19(20)21)18-6-5-17-10-11-3-1-2-4-15(11)18/h1-4,7-9,17H,5-6,10H2. The summed E-state index contributed by atoms with van der Waals surface area (Å²) in [6, 6.07) is 11.5. The predicted octanol–water partition coefficient (Wildman–Crippen LogP) is 2.98. The van der Waals surface area contributed by atoms with Gasteiger partial charge in [0.2, 0.25) is 0 Å². The van der Waals surface area contributed by atoms with E-state index in [0.717, 1.165) is 30.4 Å². The number of benzene rings is 2. The van der Waals surface area contributed by atoms with Crippen molar-refractivity contribution in [1.29, 1.82) is 0 Å². The normalized spacial score (nSPS) is 14.4. The highest BCUT2D eigenvalue weighted by atomic mass is 19.1. The molecule has 0 atom stereocenters. The Kier molecular flexibility index (Phi) is 3.53. The second kappa shape index (κ2) is 5.49. The summed E-state index contributed by atoms with van der Waals surface area (Å²) in [7, 11) is 0. The molecule has 1 N–H and O–H groups in total. The Morgan fingerprint density at radius 1 is 1.24 bits per heavy atom. The summed E-state index contributed by atoms with van der Waals surface area (Å²) in [6.45, 7) is 2.07. The van der Waals surface area contributed by atoms with Crippen molar-refractivity contribution in [2.75, 3.05) is 18.0 Å². The lowest BCUT2D eigenvalue weighted by Crippen LogP contribution is -2.24. The van der Waals surface area contributed by atoms with Crippen molar-refractivity contribution in [2.45, 2.75) is 6.54 Å². The molecule has 0 saturated heterocycles. The Bertz CT molecular complexity index is 690. The first kappa shape index (κ1) is 13.5. The highest BCUT2D eigenvalue weighted by molar-refractivity contribution is 5.68. The summed E-state index contributed by atoms with van der Waals surface area (Å²) in [5.41, 5.74) is 2.29. The summed E-state index contributed by atoms with van der Waals surface area (Å²) < 4.78 is 13.7. The van der Waals surface area contributed by atoms with Crippen molar-refractivity contribution in [3.8, 4) is 0 Å². The molecule has 1 aliphatic heterocycles. The zero-order chi connectivity index (χ0) is 14.8. The van der Waals surface area contributed by atoms with Gasteiger partial charge >= 0.3 is 0 Å². The Balaban J connectivity index is 2.09. The molecule has 0 spiro atoms. The number of hydrogen-bond acceptors (Lipinski definition) is 4. The fraction of sp³-hybridized carbons (Fsp3) is 0.200. The van der Waals surface area contributed by atoms with Crippen molar-refractivity contribution in [3.05, 3.63) is 64.0 Å². The molecule has 2 aromatic carbocycles. The lowest BCUT2D eigenvalue weighted by molar-refractivity contribution is -0.385. The number of halogens is 1. The first-order valence-corrected chi connectivity index (χ1v) is 6.66. The maximum Gasteiger partial charge on any atom is 0.274 e. The number of rotatable bonds is 2. The molecule has 0 amide bonds. The molecule has 0 radical (unpaired) electrons. The summed E-state index contributed by atoms with van der Waals surface area (Å²) >= 11 is 0. The van der Waals surface area contributed by atoms with Crippen molar-refractivity contribution in [3.63, 3.8) is 0 Å². The summed E-state index contributed by atoms with van der Waals surface area (Å²) in [5.74, 6) is -0.603. The maximum atomic E-state index is 13.7. The molecular formula is C15H14FN3O2. The molecule has 0 aliphatic carbocycles. The fourth-order valence-electron chi connectivity index (χ4n) is 2.55. The number of non-ortho nitro benzene ring substituents is 1. The average molecular weight is 287 g/mol. The van der Waals surface area contributed by atoms with Gasteiger partial charge < -0.3 is 10.2 Å². The van der Waals surface area contributed by atoms with Gasteiger partial charge in [-0.2, -0.15) is 0 Å². The Morgan fingerprint density at radius 3 is 2.86 bits per heavy atom. The number of nitrogens with one attached hydrogen (secondary N) is 1. The second-order valence-corrected chi connectivity index (χ2v) is 4.88. The molecule has 0 saturated carbocycles. The molecule has 0 aromatic heterocycles. The van der Waals surface area contributed by atoms with Crippen LogP contribution in [0.5, 0.6) is 0 Å². The highest BCUT2D eigenvalue weighted by Crippen LogP contribution is 2.32. The van der Waals surface area contributed by atoms with Crippen LogP contribution in [0.1, 0.15) is 5.56 Å². The second-order valence-electron chi connectivity index (χ2n) is 4.88. The molecule has 0 unspecified atom stereocenters. The van der Waals surface area contributed by atoms with Gasteiger partial charge in [-0.1, -0.05) is 18.2 Å². The summed E-state index contributed by atoms with van der Waals surface area (Å²) in [6.07, 6.45) is 0. The minimum absolute atomic E-state index is 0.236. The number of anilines is 2. The Labute approximate surface area is 121 Å². The van der Waals surface area contributed by atoms with E-state index in [1.165, 1.54) is 12.1 Å². The van der Waals surface area contributed by atoms with Gasteiger partial charge in [0.1, 0.15) is 5.82 Å². The van der Waals surface area contributed by atoms with Gasteiger partial charge in [-0.15, -0.1) is 0 Å². The van der Waals surface area contributed by atoms with E-state index in [9.17, 15) is 14.5 Å². The number of nitro groups is 1. The number of hydrogen-bond donors (Lipinski definition) is 1. The fourth-order valence-corrected chi connectivity index (χ4v) is 2.55. The van der Waals surface area contributed by atoms with Crippen LogP contribution in [0.3, 0.4) is 0 Å². The van der Waals surface area contributed by atoms with Crippen LogP contribution in [-0.4, -0.2) is 18.0 Å². The molecule has 0 fully saturated rings. The lowest BCUT2D eigenvalue weighted by atomic mass is 10.1. The van der Waals surface area contributed by atoms with Gasteiger partial charge in [0.25, 0.3) is 5.69 Å². The van der Waals surface area contributed by atoms with Crippen molar-refractivity contribution >= 4 is 17.1 Å². The average Bonchev–Trinajstić information content (AvgIpc) is 2.69. The minimum Gasteiger partial charge on any atom is -0.340 e. The Morgan fingerprint density at radius 2 is 2.05 bits per heavy atom. The quantitative estimate of drug-likeness (QED) is 0.681. The van der Waals surface area contributed by atoms with E-state index in [0.29, 0.717) is 12.2 Å². The van der Waals surface area contributed by atoms with E-state index in [2.05, 4.69) is 5.32 Å². The number of nitrogens with zero attached hydrogens (tertiary/aromatic N) is 2. The zero-order valence-electron chi connectivity index (χ0n) is 11.3. The maximum absolute atomic E-state index is 13.7. The minimum atomic E-state index is -0.603. The molecule has 108 valence electrons. The number of fused-ring (bicyclic) bond motifs is 1. The van der Waals surface area contributed by atoms with E-state index in [1.54, 1.807) is 0 Å². The van der Waals surface area contributed by atoms with Gasteiger partial charge in [0, 0.05) is 31.4 Å². The molecule has 1 heterocycles.